The van der Waals surface area contributed by atoms with E-state index in [2.05, 4.69) is 10.5 Å². The number of hydrogen-bond acceptors (Lipinski definition) is 5. The van der Waals surface area contributed by atoms with Crippen LogP contribution in [0.1, 0.15) is 40.9 Å². The van der Waals surface area contributed by atoms with Crippen molar-refractivity contribution in [2.45, 2.75) is 33.4 Å². The highest BCUT2D eigenvalue weighted by atomic mass is 32.2. The van der Waals surface area contributed by atoms with E-state index in [9.17, 15) is 13.2 Å². The first-order valence-electron chi connectivity index (χ1n) is 10.9. The van der Waals surface area contributed by atoms with E-state index in [0.29, 0.717) is 11.3 Å². The van der Waals surface area contributed by atoms with Crippen molar-refractivity contribution in [2.24, 2.45) is 5.10 Å². The summed E-state index contributed by atoms with van der Waals surface area (Å²) in [6, 6.07) is 21.4. The minimum atomic E-state index is -3.52. The van der Waals surface area contributed by atoms with Crippen LogP contribution in [0.4, 0.5) is 5.69 Å². The van der Waals surface area contributed by atoms with Gasteiger partial charge in [0.25, 0.3) is 5.91 Å². The molecule has 0 atom stereocenters. The molecule has 0 saturated carbocycles. The van der Waals surface area contributed by atoms with Gasteiger partial charge < -0.3 is 4.74 Å². The highest BCUT2D eigenvalue weighted by Crippen LogP contribution is 2.22. The second-order valence-electron chi connectivity index (χ2n) is 8.18. The number of aryl methyl sites for hydroxylation is 1. The zero-order valence-electron chi connectivity index (χ0n) is 19.7. The van der Waals surface area contributed by atoms with E-state index in [4.69, 9.17) is 4.74 Å². The average molecular weight is 480 g/mol. The molecule has 3 aromatic carbocycles. The average Bonchev–Trinajstić information content (AvgIpc) is 2.78. The van der Waals surface area contributed by atoms with Crippen LogP contribution in [0.15, 0.2) is 77.9 Å². The minimum absolute atomic E-state index is 0.0946. The van der Waals surface area contributed by atoms with Gasteiger partial charge in [-0.25, -0.2) is 13.8 Å². The summed E-state index contributed by atoms with van der Waals surface area (Å²) >= 11 is 0. The van der Waals surface area contributed by atoms with E-state index in [0.717, 1.165) is 22.4 Å². The van der Waals surface area contributed by atoms with Crippen LogP contribution in [0.25, 0.3) is 0 Å². The first-order chi connectivity index (χ1) is 16.1. The molecule has 0 unspecified atom stereocenters. The van der Waals surface area contributed by atoms with Gasteiger partial charge in [0.2, 0.25) is 10.0 Å². The third-order valence-electron chi connectivity index (χ3n) is 5.02. The SMILES string of the molecule is Cc1ccccc1CN(c1ccc(C(=O)N/N=C\c2ccc(OC(C)C)cc2)cc1)S(C)(=O)=O. The lowest BCUT2D eigenvalue weighted by molar-refractivity contribution is 0.0955. The third-order valence-corrected chi connectivity index (χ3v) is 6.17. The van der Waals surface area contributed by atoms with Crippen LogP contribution >= 0.6 is 0 Å². The topological polar surface area (TPSA) is 88.1 Å². The Morgan fingerprint density at radius 2 is 1.68 bits per heavy atom. The van der Waals surface area contributed by atoms with Crippen LogP contribution in [-0.4, -0.2) is 32.9 Å². The number of sulfonamides is 1. The molecular weight excluding hydrogens is 450 g/mol. The number of nitrogens with zero attached hydrogens (tertiary/aromatic N) is 2. The summed E-state index contributed by atoms with van der Waals surface area (Å²) < 4.78 is 31.8. The molecule has 0 spiro atoms. The Kier molecular flexibility index (Phi) is 8.07. The van der Waals surface area contributed by atoms with Crippen LogP contribution in [-0.2, 0) is 16.6 Å². The summed E-state index contributed by atoms with van der Waals surface area (Å²) in [6.45, 7) is 6.07. The molecule has 0 aliphatic carbocycles. The second-order valence-corrected chi connectivity index (χ2v) is 10.1. The molecule has 0 aliphatic heterocycles. The Morgan fingerprint density at radius 1 is 1.03 bits per heavy atom. The van der Waals surface area contributed by atoms with E-state index in [-0.39, 0.29) is 12.6 Å². The fourth-order valence-corrected chi connectivity index (χ4v) is 4.13. The molecule has 3 aromatic rings. The van der Waals surface area contributed by atoms with E-state index in [1.54, 1.807) is 30.5 Å². The number of anilines is 1. The zero-order valence-corrected chi connectivity index (χ0v) is 20.5. The Morgan fingerprint density at radius 3 is 2.26 bits per heavy atom. The zero-order chi connectivity index (χ0) is 24.7. The maximum atomic E-state index is 12.4. The lowest BCUT2D eigenvalue weighted by Gasteiger charge is -2.23. The summed E-state index contributed by atoms with van der Waals surface area (Å²) in [4.78, 5) is 12.4. The molecular formula is C26H29N3O4S. The number of carbonyl (C=O) groups is 1. The van der Waals surface area contributed by atoms with Crippen molar-refractivity contribution in [3.05, 3.63) is 95.1 Å². The van der Waals surface area contributed by atoms with Gasteiger partial charge in [-0.1, -0.05) is 24.3 Å². The second kappa shape index (κ2) is 11.0. The van der Waals surface area contributed by atoms with Crippen molar-refractivity contribution < 1.29 is 17.9 Å². The number of amides is 1. The molecule has 1 N–H and O–H groups in total. The lowest BCUT2D eigenvalue weighted by atomic mass is 10.1. The van der Waals surface area contributed by atoms with Crippen molar-refractivity contribution >= 4 is 27.8 Å². The highest BCUT2D eigenvalue weighted by molar-refractivity contribution is 7.92. The summed E-state index contributed by atoms with van der Waals surface area (Å²) in [5.74, 6) is 0.370. The standard InChI is InChI=1S/C26H29N3O4S/c1-19(2)33-25-15-9-21(10-16-25)17-27-28-26(30)22-11-13-24(14-12-22)29(34(4,31)32)18-23-8-6-5-7-20(23)3/h5-17,19H,18H2,1-4H3,(H,28,30)/b27-17-. The molecule has 8 heteroatoms. The summed E-state index contributed by atoms with van der Waals surface area (Å²) in [5.41, 5.74) is 6.06. The number of hydrogen-bond donors (Lipinski definition) is 1. The Labute approximate surface area is 201 Å². The van der Waals surface area contributed by atoms with E-state index < -0.39 is 15.9 Å². The molecule has 0 heterocycles. The number of ether oxygens (including phenoxy) is 1. The van der Waals surface area contributed by atoms with Gasteiger partial charge >= 0.3 is 0 Å². The Balaban J connectivity index is 1.66. The van der Waals surface area contributed by atoms with Gasteiger partial charge in [-0.05, 0) is 86.0 Å². The molecule has 178 valence electrons. The maximum absolute atomic E-state index is 12.4. The normalized spacial score (nSPS) is 11.6. The molecule has 3 rings (SSSR count). The van der Waals surface area contributed by atoms with Crippen molar-refractivity contribution in [2.75, 3.05) is 10.6 Å². The van der Waals surface area contributed by atoms with Crippen molar-refractivity contribution in [3.8, 4) is 5.75 Å². The van der Waals surface area contributed by atoms with E-state index >= 15 is 0 Å². The number of rotatable bonds is 9. The number of carbonyl (C=O) groups excluding carboxylic acids is 1. The Hall–Kier alpha value is -3.65. The van der Waals surface area contributed by atoms with Crippen molar-refractivity contribution in [1.29, 1.82) is 0 Å². The molecule has 1 amide bonds. The number of nitrogens with one attached hydrogen (secondary N) is 1. The van der Waals surface area contributed by atoms with Gasteiger partial charge in [-0.15, -0.1) is 0 Å². The molecule has 0 bridgehead atoms. The van der Waals surface area contributed by atoms with Gasteiger partial charge in [0.1, 0.15) is 5.75 Å². The van der Waals surface area contributed by atoms with Gasteiger partial charge in [0.05, 0.1) is 30.8 Å². The van der Waals surface area contributed by atoms with Gasteiger partial charge in [-0.2, -0.15) is 5.10 Å². The quantitative estimate of drug-likeness (QED) is 0.361. The van der Waals surface area contributed by atoms with Crippen LogP contribution in [0, 0.1) is 6.92 Å². The molecule has 7 nitrogen and oxygen atoms in total. The largest absolute Gasteiger partial charge is 0.491 e. The minimum Gasteiger partial charge on any atom is -0.491 e. The molecule has 0 saturated heterocycles. The van der Waals surface area contributed by atoms with Crippen molar-refractivity contribution in [1.82, 2.24) is 5.43 Å². The Bertz CT molecular complexity index is 1250. The number of hydrazone groups is 1. The monoisotopic (exact) mass is 479 g/mol. The first-order valence-corrected chi connectivity index (χ1v) is 12.7. The summed E-state index contributed by atoms with van der Waals surface area (Å²) in [6.07, 6.45) is 2.80. The molecule has 34 heavy (non-hydrogen) atoms. The summed E-state index contributed by atoms with van der Waals surface area (Å²) in [5, 5.41) is 4.00. The summed E-state index contributed by atoms with van der Waals surface area (Å²) in [7, 11) is -3.52. The smallest absolute Gasteiger partial charge is 0.271 e. The predicted octanol–water partition coefficient (Wildman–Crippen LogP) is 4.51. The van der Waals surface area contributed by atoms with Crippen LogP contribution in [0.2, 0.25) is 0 Å². The fourth-order valence-electron chi connectivity index (χ4n) is 3.26. The molecule has 0 fully saturated rings. The molecule has 0 aromatic heterocycles. The van der Waals surface area contributed by atoms with Gasteiger partial charge in [-0.3, -0.25) is 9.10 Å². The predicted molar refractivity (Wildman–Crippen MR) is 136 cm³/mol. The van der Waals surface area contributed by atoms with Gasteiger partial charge in [0, 0.05) is 5.56 Å². The van der Waals surface area contributed by atoms with Crippen LogP contribution in [0.3, 0.4) is 0 Å². The molecule has 0 radical (unpaired) electrons. The van der Waals surface area contributed by atoms with E-state index in [1.165, 1.54) is 10.6 Å². The maximum Gasteiger partial charge on any atom is 0.271 e. The van der Waals surface area contributed by atoms with E-state index in [1.807, 2.05) is 69.3 Å². The van der Waals surface area contributed by atoms with Gasteiger partial charge in [0.15, 0.2) is 0 Å². The first kappa shape index (κ1) is 25.0. The highest BCUT2D eigenvalue weighted by Gasteiger charge is 2.19. The third kappa shape index (κ3) is 6.92. The number of benzene rings is 3. The van der Waals surface area contributed by atoms with Crippen molar-refractivity contribution in [3.63, 3.8) is 0 Å². The van der Waals surface area contributed by atoms with Crippen LogP contribution < -0.4 is 14.5 Å². The fraction of sp³-hybridized carbons (Fsp3) is 0.231. The lowest BCUT2D eigenvalue weighted by Crippen LogP contribution is -2.29. The van der Waals surface area contributed by atoms with Crippen LogP contribution in [0.5, 0.6) is 5.75 Å². The molecule has 0 aliphatic rings.